The van der Waals surface area contributed by atoms with Crippen molar-refractivity contribution in [2.24, 2.45) is 0 Å². The highest BCUT2D eigenvalue weighted by Gasteiger charge is 2.11. The van der Waals surface area contributed by atoms with Gasteiger partial charge in [-0.25, -0.2) is 0 Å². The largest absolute Gasteiger partial charge is 0.497 e. The van der Waals surface area contributed by atoms with Gasteiger partial charge in [-0.1, -0.05) is 29.8 Å². The molecular weight excluding hydrogens is 276 g/mol. The Hall–Kier alpha value is -2.00. The van der Waals surface area contributed by atoms with Gasteiger partial charge in [0.2, 0.25) is 0 Å². The van der Waals surface area contributed by atoms with E-state index in [0.717, 1.165) is 5.56 Å². The lowest BCUT2D eigenvalue weighted by molar-refractivity contribution is 0.101. The fourth-order valence-corrected chi connectivity index (χ4v) is 2.00. The molecule has 0 heterocycles. The lowest BCUT2D eigenvalue weighted by Gasteiger charge is -2.12. The number of carbonyl (C=O) groups excluding carboxylic acids is 1. The van der Waals surface area contributed by atoms with E-state index >= 15 is 0 Å². The maximum absolute atomic E-state index is 11.6. The number of hydrogen-bond acceptors (Lipinski definition) is 3. The topological polar surface area (TPSA) is 35.5 Å². The Morgan fingerprint density at radius 2 is 1.95 bits per heavy atom. The van der Waals surface area contributed by atoms with Crippen molar-refractivity contribution in [1.29, 1.82) is 0 Å². The summed E-state index contributed by atoms with van der Waals surface area (Å²) in [6.07, 6.45) is 0. The van der Waals surface area contributed by atoms with Gasteiger partial charge in [-0.2, -0.15) is 0 Å². The monoisotopic (exact) mass is 290 g/mol. The lowest BCUT2D eigenvalue weighted by Crippen LogP contribution is -2.02. The molecule has 0 fully saturated rings. The van der Waals surface area contributed by atoms with Gasteiger partial charge in [-0.3, -0.25) is 4.79 Å². The van der Waals surface area contributed by atoms with Crippen LogP contribution in [0.5, 0.6) is 11.5 Å². The molecule has 0 aliphatic heterocycles. The van der Waals surface area contributed by atoms with Crippen LogP contribution in [0.4, 0.5) is 0 Å². The molecule has 0 unspecified atom stereocenters. The number of Topliss-reactive ketones (excluding diaryl/α,β-unsaturated/α-hetero) is 1. The number of rotatable bonds is 5. The van der Waals surface area contributed by atoms with E-state index in [2.05, 4.69) is 0 Å². The highest BCUT2D eigenvalue weighted by molar-refractivity contribution is 6.31. The summed E-state index contributed by atoms with van der Waals surface area (Å²) >= 11 is 6.08. The second-order valence-electron chi connectivity index (χ2n) is 4.30. The van der Waals surface area contributed by atoms with E-state index in [4.69, 9.17) is 21.1 Å². The average Bonchev–Trinajstić information content (AvgIpc) is 2.46. The van der Waals surface area contributed by atoms with Crippen LogP contribution in [-0.2, 0) is 6.61 Å². The first kappa shape index (κ1) is 14.4. The molecule has 0 spiro atoms. The molecule has 104 valence electrons. The van der Waals surface area contributed by atoms with Crippen LogP contribution in [0.3, 0.4) is 0 Å². The maximum atomic E-state index is 11.6. The van der Waals surface area contributed by atoms with E-state index in [1.54, 1.807) is 31.4 Å². The summed E-state index contributed by atoms with van der Waals surface area (Å²) in [6, 6.07) is 12.6. The number of carbonyl (C=O) groups is 1. The van der Waals surface area contributed by atoms with Gasteiger partial charge in [-0.15, -0.1) is 0 Å². The minimum absolute atomic E-state index is 0.0539. The van der Waals surface area contributed by atoms with Gasteiger partial charge >= 0.3 is 0 Å². The zero-order valence-corrected chi connectivity index (χ0v) is 12.1. The number of halogens is 1. The number of hydrogen-bond donors (Lipinski definition) is 0. The summed E-state index contributed by atoms with van der Waals surface area (Å²) in [6.45, 7) is 1.80. The Balaban J connectivity index is 2.24. The van der Waals surface area contributed by atoms with Crippen molar-refractivity contribution >= 4 is 17.4 Å². The van der Waals surface area contributed by atoms with Crippen LogP contribution in [0.15, 0.2) is 42.5 Å². The Kier molecular flexibility index (Phi) is 4.64. The molecule has 0 aromatic heterocycles. The molecule has 2 aromatic carbocycles. The van der Waals surface area contributed by atoms with Crippen LogP contribution in [-0.4, -0.2) is 12.9 Å². The van der Waals surface area contributed by atoms with E-state index in [0.29, 0.717) is 28.7 Å². The third-order valence-corrected chi connectivity index (χ3v) is 3.28. The fraction of sp³-hybridized carbons (Fsp3) is 0.188. The van der Waals surface area contributed by atoms with Gasteiger partial charge < -0.3 is 9.47 Å². The molecule has 0 N–H and O–H groups in total. The van der Waals surface area contributed by atoms with Crippen molar-refractivity contribution < 1.29 is 14.3 Å². The van der Waals surface area contributed by atoms with E-state index < -0.39 is 0 Å². The molecular formula is C16H15ClO3. The van der Waals surface area contributed by atoms with E-state index in [1.807, 2.05) is 18.2 Å². The second-order valence-corrected chi connectivity index (χ2v) is 4.71. The lowest BCUT2D eigenvalue weighted by atomic mass is 10.1. The summed E-state index contributed by atoms with van der Waals surface area (Å²) in [7, 11) is 1.57. The highest BCUT2D eigenvalue weighted by atomic mass is 35.5. The van der Waals surface area contributed by atoms with Crippen LogP contribution in [0.1, 0.15) is 22.8 Å². The Bertz CT molecular complexity index is 623. The quantitative estimate of drug-likeness (QED) is 0.777. The van der Waals surface area contributed by atoms with Crippen LogP contribution in [0.25, 0.3) is 0 Å². The Morgan fingerprint density at radius 1 is 1.20 bits per heavy atom. The van der Waals surface area contributed by atoms with Gasteiger partial charge in [0.1, 0.15) is 18.1 Å². The van der Waals surface area contributed by atoms with Crippen molar-refractivity contribution in [3.63, 3.8) is 0 Å². The molecule has 0 aliphatic carbocycles. The zero-order chi connectivity index (χ0) is 14.5. The second kappa shape index (κ2) is 6.44. The first-order valence-electron chi connectivity index (χ1n) is 6.17. The molecule has 2 rings (SSSR count). The molecule has 2 aromatic rings. The first-order valence-corrected chi connectivity index (χ1v) is 6.55. The summed E-state index contributed by atoms with van der Waals surface area (Å²) in [5.41, 5.74) is 1.39. The predicted molar refractivity (Wildman–Crippen MR) is 78.8 cm³/mol. The van der Waals surface area contributed by atoms with Crippen LogP contribution < -0.4 is 9.47 Å². The number of ether oxygens (including phenoxy) is 2. The zero-order valence-electron chi connectivity index (χ0n) is 11.4. The minimum atomic E-state index is -0.0539. The van der Waals surface area contributed by atoms with E-state index in [9.17, 15) is 4.79 Å². The molecule has 0 aliphatic rings. The van der Waals surface area contributed by atoms with Gasteiger partial charge in [0.15, 0.2) is 5.78 Å². The normalized spacial score (nSPS) is 10.2. The molecule has 0 saturated carbocycles. The predicted octanol–water partition coefficient (Wildman–Crippen LogP) is 4.13. The summed E-state index contributed by atoms with van der Waals surface area (Å²) in [4.78, 5) is 11.6. The van der Waals surface area contributed by atoms with Crippen molar-refractivity contribution in [2.75, 3.05) is 7.11 Å². The molecule has 4 heteroatoms. The highest BCUT2D eigenvalue weighted by Crippen LogP contribution is 2.27. The van der Waals surface area contributed by atoms with Crippen LogP contribution in [0, 0.1) is 0 Å². The molecule has 0 saturated heterocycles. The van der Waals surface area contributed by atoms with Gasteiger partial charge in [0.25, 0.3) is 0 Å². The number of ketones is 1. The molecule has 0 radical (unpaired) electrons. The van der Waals surface area contributed by atoms with Gasteiger partial charge in [0, 0.05) is 16.7 Å². The van der Waals surface area contributed by atoms with Crippen molar-refractivity contribution in [2.45, 2.75) is 13.5 Å². The van der Waals surface area contributed by atoms with Gasteiger partial charge in [-0.05, 0) is 25.1 Å². The molecule has 0 amide bonds. The smallest absolute Gasteiger partial charge is 0.163 e. The fourth-order valence-electron chi connectivity index (χ4n) is 1.81. The van der Waals surface area contributed by atoms with Crippen LogP contribution in [0.2, 0.25) is 5.02 Å². The third kappa shape index (κ3) is 3.31. The third-order valence-electron chi connectivity index (χ3n) is 2.91. The first-order chi connectivity index (χ1) is 9.61. The van der Waals surface area contributed by atoms with Crippen molar-refractivity contribution in [1.82, 2.24) is 0 Å². The van der Waals surface area contributed by atoms with Crippen molar-refractivity contribution in [3.8, 4) is 11.5 Å². The Labute approximate surface area is 123 Å². The van der Waals surface area contributed by atoms with Crippen LogP contribution >= 0.6 is 11.6 Å². The minimum Gasteiger partial charge on any atom is -0.497 e. The van der Waals surface area contributed by atoms with E-state index in [1.165, 1.54) is 6.92 Å². The standard InChI is InChI=1S/C16H15ClO3/c1-11(18)14-8-7-13(19-2)9-16(14)20-10-12-5-3-4-6-15(12)17/h3-9H,10H2,1-2H3. The summed E-state index contributed by atoms with van der Waals surface area (Å²) in [5.74, 6) is 1.09. The van der Waals surface area contributed by atoms with Gasteiger partial charge in [0.05, 0.1) is 12.7 Å². The van der Waals surface area contributed by atoms with Crippen molar-refractivity contribution in [3.05, 3.63) is 58.6 Å². The summed E-state index contributed by atoms with van der Waals surface area (Å²) < 4.78 is 10.9. The molecule has 3 nitrogen and oxygen atoms in total. The summed E-state index contributed by atoms with van der Waals surface area (Å²) in [5, 5.41) is 0.639. The Morgan fingerprint density at radius 3 is 2.60 bits per heavy atom. The average molecular weight is 291 g/mol. The molecule has 0 bridgehead atoms. The number of benzene rings is 2. The number of methoxy groups -OCH3 is 1. The maximum Gasteiger partial charge on any atom is 0.163 e. The van der Waals surface area contributed by atoms with E-state index in [-0.39, 0.29) is 5.78 Å². The molecule has 0 atom stereocenters. The SMILES string of the molecule is COc1ccc(C(C)=O)c(OCc2ccccc2Cl)c1. The molecule has 20 heavy (non-hydrogen) atoms.